The minimum atomic E-state index is 0.495. The highest BCUT2D eigenvalue weighted by Crippen LogP contribution is 2.34. The van der Waals surface area contributed by atoms with Crippen LogP contribution >= 0.6 is 34.8 Å². The molecule has 0 aliphatic rings. The lowest BCUT2D eigenvalue weighted by Crippen LogP contribution is -2.00. The first-order valence-corrected chi connectivity index (χ1v) is 6.75. The van der Waals surface area contributed by atoms with Crippen LogP contribution in [0.25, 0.3) is 0 Å². The minimum absolute atomic E-state index is 0.495. The molecule has 2 aromatic rings. The SMILES string of the molecule is COc1c(Cl)cc(CNc2cccc(Cl)c2)cc1Cl. The molecule has 0 heterocycles. The Bertz CT molecular complexity index is 564. The van der Waals surface area contributed by atoms with E-state index in [0.29, 0.717) is 27.4 Å². The van der Waals surface area contributed by atoms with E-state index in [-0.39, 0.29) is 0 Å². The summed E-state index contributed by atoms with van der Waals surface area (Å²) in [7, 11) is 1.54. The normalized spacial score (nSPS) is 10.3. The molecule has 0 saturated heterocycles. The average molecular weight is 317 g/mol. The van der Waals surface area contributed by atoms with Gasteiger partial charge in [0.1, 0.15) is 0 Å². The predicted molar refractivity (Wildman–Crippen MR) is 81.8 cm³/mol. The Kier molecular flexibility index (Phi) is 4.81. The van der Waals surface area contributed by atoms with Crippen LogP contribution < -0.4 is 10.1 Å². The largest absolute Gasteiger partial charge is 0.494 e. The van der Waals surface area contributed by atoms with E-state index in [0.717, 1.165) is 11.3 Å². The summed E-state index contributed by atoms with van der Waals surface area (Å²) in [5, 5.41) is 4.94. The van der Waals surface area contributed by atoms with Gasteiger partial charge in [0.05, 0.1) is 17.2 Å². The van der Waals surface area contributed by atoms with E-state index in [1.807, 2.05) is 36.4 Å². The van der Waals surface area contributed by atoms with Crippen molar-refractivity contribution < 1.29 is 4.74 Å². The molecule has 0 aromatic heterocycles. The third-order valence-electron chi connectivity index (χ3n) is 2.58. The molecule has 0 radical (unpaired) electrons. The molecule has 0 saturated carbocycles. The van der Waals surface area contributed by atoms with Gasteiger partial charge in [-0.05, 0) is 35.9 Å². The summed E-state index contributed by atoms with van der Waals surface area (Å²) >= 11 is 18.1. The second-order valence-electron chi connectivity index (χ2n) is 3.96. The average Bonchev–Trinajstić information content (AvgIpc) is 2.36. The summed E-state index contributed by atoms with van der Waals surface area (Å²) in [5.41, 5.74) is 1.91. The predicted octanol–water partition coefficient (Wildman–Crippen LogP) is 5.27. The Hall–Kier alpha value is -1.09. The zero-order valence-electron chi connectivity index (χ0n) is 10.2. The quantitative estimate of drug-likeness (QED) is 0.830. The molecule has 0 spiro atoms. The van der Waals surface area contributed by atoms with Gasteiger partial charge >= 0.3 is 0 Å². The van der Waals surface area contributed by atoms with Crippen LogP contribution in [0, 0.1) is 0 Å². The zero-order valence-corrected chi connectivity index (χ0v) is 12.5. The molecule has 0 aliphatic heterocycles. The Morgan fingerprint density at radius 3 is 2.32 bits per heavy atom. The summed E-state index contributed by atoms with van der Waals surface area (Å²) < 4.78 is 5.11. The van der Waals surface area contributed by atoms with Crippen molar-refractivity contribution in [2.45, 2.75) is 6.54 Å². The van der Waals surface area contributed by atoms with Gasteiger partial charge in [0.2, 0.25) is 0 Å². The van der Waals surface area contributed by atoms with Crippen molar-refractivity contribution in [1.29, 1.82) is 0 Å². The van der Waals surface area contributed by atoms with Gasteiger partial charge in [-0.3, -0.25) is 0 Å². The lowest BCUT2D eigenvalue weighted by atomic mass is 10.2. The van der Waals surface area contributed by atoms with Crippen LogP contribution in [0.5, 0.6) is 5.75 Å². The molecule has 2 nitrogen and oxygen atoms in total. The molecule has 1 N–H and O–H groups in total. The molecular formula is C14H12Cl3NO. The van der Waals surface area contributed by atoms with E-state index >= 15 is 0 Å². The lowest BCUT2D eigenvalue weighted by Gasteiger charge is -2.10. The maximum absolute atomic E-state index is 6.08. The van der Waals surface area contributed by atoms with Crippen molar-refractivity contribution in [3.8, 4) is 5.75 Å². The van der Waals surface area contributed by atoms with Crippen molar-refractivity contribution in [3.05, 3.63) is 57.0 Å². The number of ether oxygens (including phenoxy) is 1. The van der Waals surface area contributed by atoms with Crippen LogP contribution in [0.2, 0.25) is 15.1 Å². The van der Waals surface area contributed by atoms with Crippen LogP contribution in [-0.2, 0) is 6.54 Å². The number of rotatable bonds is 4. The first-order chi connectivity index (χ1) is 9.10. The molecule has 0 amide bonds. The zero-order chi connectivity index (χ0) is 13.8. The van der Waals surface area contributed by atoms with Gasteiger partial charge < -0.3 is 10.1 Å². The summed E-state index contributed by atoms with van der Waals surface area (Å²) in [6.45, 7) is 0.601. The molecule has 19 heavy (non-hydrogen) atoms. The first-order valence-electron chi connectivity index (χ1n) is 5.61. The first kappa shape index (κ1) is 14.3. The van der Waals surface area contributed by atoms with Crippen LogP contribution in [-0.4, -0.2) is 7.11 Å². The monoisotopic (exact) mass is 315 g/mol. The summed E-state index contributed by atoms with van der Waals surface area (Å²) in [5.74, 6) is 0.495. The van der Waals surface area contributed by atoms with E-state index in [2.05, 4.69) is 5.32 Å². The molecule has 100 valence electrons. The third kappa shape index (κ3) is 3.69. The third-order valence-corrected chi connectivity index (χ3v) is 3.38. The molecule has 0 bridgehead atoms. The molecule has 0 fully saturated rings. The van der Waals surface area contributed by atoms with E-state index in [4.69, 9.17) is 39.5 Å². The van der Waals surface area contributed by atoms with Crippen LogP contribution in [0.4, 0.5) is 5.69 Å². The van der Waals surface area contributed by atoms with Crippen molar-refractivity contribution in [2.24, 2.45) is 0 Å². The van der Waals surface area contributed by atoms with Gasteiger partial charge in [0.25, 0.3) is 0 Å². The molecular weight excluding hydrogens is 305 g/mol. The Morgan fingerprint density at radius 1 is 1.05 bits per heavy atom. The van der Waals surface area contributed by atoms with Gasteiger partial charge in [0, 0.05) is 17.3 Å². The second kappa shape index (κ2) is 6.38. The van der Waals surface area contributed by atoms with E-state index in [1.54, 1.807) is 0 Å². The van der Waals surface area contributed by atoms with E-state index in [1.165, 1.54) is 7.11 Å². The molecule has 5 heteroatoms. The number of nitrogens with one attached hydrogen (secondary N) is 1. The van der Waals surface area contributed by atoms with Crippen LogP contribution in [0.1, 0.15) is 5.56 Å². The summed E-state index contributed by atoms with van der Waals surface area (Å²) in [6.07, 6.45) is 0. The van der Waals surface area contributed by atoms with Gasteiger partial charge in [-0.1, -0.05) is 40.9 Å². The highest BCUT2D eigenvalue weighted by Gasteiger charge is 2.08. The summed E-state index contributed by atoms with van der Waals surface area (Å²) in [6, 6.07) is 11.2. The topological polar surface area (TPSA) is 21.3 Å². The maximum Gasteiger partial charge on any atom is 0.156 e. The smallest absolute Gasteiger partial charge is 0.156 e. The Labute approximate surface area is 127 Å². The number of benzene rings is 2. The Balaban J connectivity index is 2.12. The number of hydrogen-bond donors (Lipinski definition) is 1. The lowest BCUT2D eigenvalue weighted by molar-refractivity contribution is 0.415. The molecule has 2 aromatic carbocycles. The van der Waals surface area contributed by atoms with Crippen molar-refractivity contribution in [1.82, 2.24) is 0 Å². The van der Waals surface area contributed by atoms with Crippen LogP contribution in [0.3, 0.4) is 0 Å². The molecule has 0 atom stereocenters. The number of anilines is 1. The molecule has 2 rings (SSSR count). The van der Waals surface area contributed by atoms with Gasteiger partial charge in [-0.2, -0.15) is 0 Å². The highest BCUT2D eigenvalue weighted by molar-refractivity contribution is 6.37. The molecule has 0 aliphatic carbocycles. The van der Waals surface area contributed by atoms with Gasteiger partial charge in [-0.25, -0.2) is 0 Å². The van der Waals surface area contributed by atoms with E-state index in [9.17, 15) is 0 Å². The van der Waals surface area contributed by atoms with Crippen LogP contribution in [0.15, 0.2) is 36.4 Å². The van der Waals surface area contributed by atoms with Gasteiger partial charge in [0.15, 0.2) is 5.75 Å². The van der Waals surface area contributed by atoms with Gasteiger partial charge in [-0.15, -0.1) is 0 Å². The second-order valence-corrected chi connectivity index (χ2v) is 5.21. The highest BCUT2D eigenvalue weighted by atomic mass is 35.5. The van der Waals surface area contributed by atoms with Crippen molar-refractivity contribution >= 4 is 40.5 Å². The van der Waals surface area contributed by atoms with Crippen molar-refractivity contribution in [2.75, 3.05) is 12.4 Å². The standard InChI is InChI=1S/C14H12Cl3NO/c1-19-14-12(16)5-9(6-13(14)17)8-18-11-4-2-3-10(15)7-11/h2-7,18H,8H2,1H3. The number of halogens is 3. The van der Waals surface area contributed by atoms with Crippen molar-refractivity contribution in [3.63, 3.8) is 0 Å². The fourth-order valence-electron chi connectivity index (χ4n) is 1.71. The fourth-order valence-corrected chi connectivity index (χ4v) is 2.59. The maximum atomic E-state index is 6.08. The molecule has 0 unspecified atom stereocenters. The minimum Gasteiger partial charge on any atom is -0.494 e. The number of methoxy groups -OCH3 is 1. The summed E-state index contributed by atoms with van der Waals surface area (Å²) in [4.78, 5) is 0. The fraction of sp³-hybridized carbons (Fsp3) is 0.143. The Morgan fingerprint density at radius 2 is 1.74 bits per heavy atom. The van der Waals surface area contributed by atoms with E-state index < -0.39 is 0 Å². The number of hydrogen-bond acceptors (Lipinski definition) is 2.